The quantitative estimate of drug-likeness (QED) is 0.318. The Balaban J connectivity index is 1.14. The lowest BCUT2D eigenvalue weighted by Gasteiger charge is -2.05. The fourth-order valence-corrected chi connectivity index (χ4v) is 5.10. The van der Waals surface area contributed by atoms with Crippen LogP contribution in [0.1, 0.15) is 11.1 Å². The molecule has 37 heavy (non-hydrogen) atoms. The molecule has 0 radical (unpaired) electrons. The molecule has 0 aromatic heterocycles. The van der Waals surface area contributed by atoms with Gasteiger partial charge >= 0.3 is 0 Å². The Hall–Kier alpha value is -4.63. The molecule has 0 atom stereocenters. The summed E-state index contributed by atoms with van der Waals surface area (Å²) >= 11 is 0. The fourth-order valence-electron chi connectivity index (χ4n) is 3.84. The molecule has 9 heteroatoms. The smallest absolute Gasteiger partial charge is 0.231 e. The predicted octanol–water partition coefficient (Wildman–Crippen LogP) is 5.48. The highest BCUT2D eigenvalue weighted by molar-refractivity contribution is 7.91. The molecule has 0 N–H and O–H groups in total. The third-order valence-electron chi connectivity index (χ3n) is 5.81. The molecule has 184 valence electrons. The first kappa shape index (κ1) is 22.8. The number of hydrogen-bond donors (Lipinski definition) is 0. The van der Waals surface area contributed by atoms with Crippen LogP contribution in [0, 0.1) is 0 Å². The van der Waals surface area contributed by atoms with E-state index in [2.05, 4.69) is 9.98 Å². The van der Waals surface area contributed by atoms with Gasteiger partial charge in [-0.15, -0.1) is 0 Å². The number of sulfone groups is 1. The van der Waals surface area contributed by atoms with E-state index in [0.29, 0.717) is 34.4 Å². The van der Waals surface area contributed by atoms with Gasteiger partial charge in [-0.3, -0.25) is 9.98 Å². The van der Waals surface area contributed by atoms with Crippen molar-refractivity contribution in [3.63, 3.8) is 0 Å². The zero-order chi connectivity index (χ0) is 25.2. The van der Waals surface area contributed by atoms with Crippen LogP contribution in [0.2, 0.25) is 0 Å². The molecule has 0 saturated carbocycles. The Morgan fingerprint density at radius 3 is 1.38 bits per heavy atom. The minimum Gasteiger partial charge on any atom is -0.454 e. The SMILES string of the molecule is O=S(=O)(c1ccc(N=Cc2ccc3c(c2)OCO3)cc1)c1ccc(N=Cc2ccc3c(c2)OCO3)cc1. The molecule has 0 unspecified atom stereocenters. The first-order valence-corrected chi connectivity index (χ1v) is 12.9. The molecule has 2 heterocycles. The molecule has 4 aromatic rings. The van der Waals surface area contributed by atoms with Gasteiger partial charge in [0.2, 0.25) is 23.4 Å². The summed E-state index contributed by atoms with van der Waals surface area (Å²) in [5, 5.41) is 0. The lowest BCUT2D eigenvalue weighted by Crippen LogP contribution is -2.01. The zero-order valence-electron chi connectivity index (χ0n) is 19.4. The van der Waals surface area contributed by atoms with E-state index in [0.717, 1.165) is 11.1 Å². The van der Waals surface area contributed by atoms with Crippen molar-refractivity contribution in [3.05, 3.63) is 96.1 Å². The number of nitrogens with zero attached hydrogens (tertiary/aromatic N) is 2. The van der Waals surface area contributed by atoms with Gasteiger partial charge in [0, 0.05) is 12.4 Å². The standard InChI is InChI=1S/C28H20N2O6S/c31-37(32,23-7-3-21(4-8-23)29-15-19-1-11-25-27(13-19)35-17-33-25)24-9-5-22(6-10-24)30-16-20-2-12-26-28(14-20)36-18-34-26/h1-16H,17-18H2. The maximum atomic E-state index is 13.1. The lowest BCUT2D eigenvalue weighted by molar-refractivity contribution is 0.173. The zero-order valence-corrected chi connectivity index (χ0v) is 20.2. The van der Waals surface area contributed by atoms with Crippen molar-refractivity contribution in [1.82, 2.24) is 0 Å². The third kappa shape index (κ3) is 4.76. The molecule has 0 fully saturated rings. The second-order valence-electron chi connectivity index (χ2n) is 8.23. The molecular formula is C28H20N2O6S. The fraction of sp³-hybridized carbons (Fsp3) is 0.0714. The Morgan fingerprint density at radius 1 is 0.541 bits per heavy atom. The molecule has 2 aliphatic rings. The van der Waals surface area contributed by atoms with E-state index in [1.165, 1.54) is 0 Å². The van der Waals surface area contributed by atoms with Crippen LogP contribution in [0.4, 0.5) is 11.4 Å². The van der Waals surface area contributed by atoms with Crippen molar-refractivity contribution in [2.24, 2.45) is 9.98 Å². The molecule has 6 rings (SSSR count). The monoisotopic (exact) mass is 512 g/mol. The lowest BCUT2D eigenvalue weighted by atomic mass is 10.2. The van der Waals surface area contributed by atoms with E-state index >= 15 is 0 Å². The van der Waals surface area contributed by atoms with Crippen LogP contribution in [-0.2, 0) is 9.84 Å². The van der Waals surface area contributed by atoms with Gasteiger partial charge in [-0.1, -0.05) is 0 Å². The molecule has 0 saturated heterocycles. The third-order valence-corrected chi connectivity index (χ3v) is 7.60. The van der Waals surface area contributed by atoms with Crippen LogP contribution >= 0.6 is 0 Å². The molecule has 0 amide bonds. The van der Waals surface area contributed by atoms with Crippen LogP contribution in [0.15, 0.2) is 105 Å². The number of benzene rings is 4. The molecule has 0 bridgehead atoms. The summed E-state index contributed by atoms with van der Waals surface area (Å²) < 4.78 is 47.6. The second-order valence-corrected chi connectivity index (χ2v) is 10.2. The van der Waals surface area contributed by atoms with Crippen molar-refractivity contribution in [2.45, 2.75) is 9.79 Å². The van der Waals surface area contributed by atoms with Crippen LogP contribution in [-0.4, -0.2) is 34.4 Å². The van der Waals surface area contributed by atoms with Gasteiger partial charge in [-0.25, -0.2) is 8.42 Å². The van der Waals surface area contributed by atoms with Gasteiger partial charge in [0.05, 0.1) is 21.2 Å². The van der Waals surface area contributed by atoms with E-state index in [1.54, 1.807) is 61.0 Å². The van der Waals surface area contributed by atoms with Crippen LogP contribution < -0.4 is 18.9 Å². The van der Waals surface area contributed by atoms with Crippen molar-refractivity contribution >= 4 is 33.6 Å². The van der Waals surface area contributed by atoms with Gasteiger partial charge in [0.25, 0.3) is 0 Å². The largest absolute Gasteiger partial charge is 0.454 e. The normalized spacial score (nSPS) is 14.1. The number of hydrogen-bond acceptors (Lipinski definition) is 8. The molecule has 0 aliphatic carbocycles. The molecular weight excluding hydrogens is 492 g/mol. The van der Waals surface area contributed by atoms with E-state index in [9.17, 15) is 8.42 Å². The highest BCUT2D eigenvalue weighted by atomic mass is 32.2. The van der Waals surface area contributed by atoms with Crippen molar-refractivity contribution in [2.75, 3.05) is 13.6 Å². The van der Waals surface area contributed by atoms with E-state index in [4.69, 9.17) is 18.9 Å². The summed E-state index contributed by atoms with van der Waals surface area (Å²) in [6.45, 7) is 0.423. The summed E-state index contributed by atoms with van der Waals surface area (Å²) in [6.07, 6.45) is 3.38. The van der Waals surface area contributed by atoms with Crippen molar-refractivity contribution < 1.29 is 27.4 Å². The highest BCUT2D eigenvalue weighted by Gasteiger charge is 2.18. The predicted molar refractivity (Wildman–Crippen MR) is 138 cm³/mol. The summed E-state index contributed by atoms with van der Waals surface area (Å²) in [5.74, 6) is 2.76. The second kappa shape index (κ2) is 9.44. The van der Waals surface area contributed by atoms with E-state index in [-0.39, 0.29) is 23.4 Å². The molecule has 0 spiro atoms. The van der Waals surface area contributed by atoms with Gasteiger partial charge in [-0.2, -0.15) is 0 Å². The Labute approximate surface area is 213 Å². The van der Waals surface area contributed by atoms with Crippen molar-refractivity contribution in [1.29, 1.82) is 0 Å². The van der Waals surface area contributed by atoms with Gasteiger partial charge < -0.3 is 18.9 Å². The Morgan fingerprint density at radius 2 is 0.946 bits per heavy atom. The van der Waals surface area contributed by atoms with Gasteiger partial charge in [0.15, 0.2) is 23.0 Å². The van der Waals surface area contributed by atoms with Crippen LogP contribution in [0.3, 0.4) is 0 Å². The summed E-state index contributed by atoms with van der Waals surface area (Å²) in [4.78, 5) is 9.23. The minimum absolute atomic E-state index is 0.186. The summed E-state index contributed by atoms with van der Waals surface area (Å²) in [7, 11) is -3.68. The van der Waals surface area contributed by atoms with Gasteiger partial charge in [-0.05, 0) is 96.1 Å². The average molecular weight is 513 g/mol. The summed E-state index contributed by atoms with van der Waals surface area (Å²) in [5.41, 5.74) is 2.96. The van der Waals surface area contributed by atoms with E-state index in [1.807, 2.05) is 36.4 Å². The van der Waals surface area contributed by atoms with Crippen molar-refractivity contribution in [3.8, 4) is 23.0 Å². The maximum absolute atomic E-state index is 13.1. The number of fused-ring (bicyclic) bond motifs is 2. The molecule has 8 nitrogen and oxygen atoms in total. The number of ether oxygens (including phenoxy) is 4. The molecule has 4 aromatic carbocycles. The maximum Gasteiger partial charge on any atom is 0.231 e. The first-order valence-electron chi connectivity index (χ1n) is 11.4. The average Bonchev–Trinajstić information content (AvgIpc) is 3.60. The van der Waals surface area contributed by atoms with Gasteiger partial charge in [0.1, 0.15) is 0 Å². The topological polar surface area (TPSA) is 95.8 Å². The van der Waals surface area contributed by atoms with Crippen LogP contribution in [0.25, 0.3) is 0 Å². The number of aliphatic imine (C=N–C) groups is 2. The summed E-state index contributed by atoms with van der Waals surface area (Å²) in [6, 6.07) is 23.9. The number of rotatable bonds is 6. The van der Waals surface area contributed by atoms with E-state index < -0.39 is 9.84 Å². The first-order chi connectivity index (χ1) is 18.0. The Kier molecular flexibility index (Phi) is 5.82. The Bertz CT molecular complexity index is 1510. The van der Waals surface area contributed by atoms with Crippen LogP contribution in [0.5, 0.6) is 23.0 Å². The minimum atomic E-state index is -3.68. The molecule has 2 aliphatic heterocycles. The highest BCUT2D eigenvalue weighted by Crippen LogP contribution is 2.33.